The molecule has 1 N–H and O–H groups in total. The van der Waals surface area contributed by atoms with Gasteiger partial charge in [0.15, 0.2) is 5.11 Å². The van der Waals surface area contributed by atoms with Gasteiger partial charge < -0.3 is 14.8 Å². The summed E-state index contributed by atoms with van der Waals surface area (Å²) in [5.74, 6) is 0. The summed E-state index contributed by atoms with van der Waals surface area (Å²) in [5.41, 5.74) is 9.53. The number of pyridine rings is 2. The molecule has 5 rings (SSSR count). The zero-order valence-electron chi connectivity index (χ0n) is 20.0. The summed E-state index contributed by atoms with van der Waals surface area (Å²) in [5, 5.41) is 4.31. The standard InChI is InChI=1S/C28H29N5S/c1-18-10-11-19(2)25(14-18)33-20(3)15-23(21(33)4)27-26(24-9-5-6-13-30-24)31-28(34)32(27)17-22-8-7-12-29-16-22/h5-16,26-27H,17H2,1-4H3,(H,31,34). The van der Waals surface area contributed by atoms with Crippen molar-refractivity contribution in [3.05, 3.63) is 113 Å². The Morgan fingerprint density at radius 1 is 0.971 bits per heavy atom. The molecule has 34 heavy (non-hydrogen) atoms. The molecule has 2 unspecified atom stereocenters. The van der Waals surface area contributed by atoms with E-state index in [0.29, 0.717) is 6.54 Å². The molecule has 0 radical (unpaired) electrons. The number of aryl methyl sites for hydroxylation is 3. The fourth-order valence-corrected chi connectivity index (χ4v) is 5.33. The van der Waals surface area contributed by atoms with Gasteiger partial charge in [0.05, 0.1) is 17.8 Å². The summed E-state index contributed by atoms with van der Waals surface area (Å²) in [6.45, 7) is 9.39. The monoisotopic (exact) mass is 467 g/mol. The second-order valence-electron chi connectivity index (χ2n) is 9.07. The molecule has 1 aromatic carbocycles. The van der Waals surface area contributed by atoms with E-state index in [1.165, 1.54) is 33.8 Å². The van der Waals surface area contributed by atoms with Crippen LogP contribution in [0.15, 0.2) is 73.2 Å². The molecular weight excluding hydrogens is 438 g/mol. The van der Waals surface area contributed by atoms with E-state index in [9.17, 15) is 0 Å². The van der Waals surface area contributed by atoms with Gasteiger partial charge in [-0.3, -0.25) is 9.97 Å². The predicted molar refractivity (Wildman–Crippen MR) is 140 cm³/mol. The number of hydrogen-bond acceptors (Lipinski definition) is 3. The van der Waals surface area contributed by atoms with Crippen LogP contribution < -0.4 is 5.32 Å². The van der Waals surface area contributed by atoms with Crippen LogP contribution in [0.5, 0.6) is 0 Å². The van der Waals surface area contributed by atoms with Crippen LogP contribution >= 0.6 is 12.2 Å². The fraction of sp³-hybridized carbons (Fsp3) is 0.250. The minimum atomic E-state index is -0.0436. The molecule has 0 aliphatic carbocycles. The summed E-state index contributed by atoms with van der Waals surface area (Å²) in [7, 11) is 0. The zero-order chi connectivity index (χ0) is 23.8. The third-order valence-corrected chi connectivity index (χ3v) is 7.02. The normalized spacial score (nSPS) is 17.8. The first kappa shape index (κ1) is 22.3. The maximum atomic E-state index is 5.87. The Bertz CT molecular complexity index is 1330. The van der Waals surface area contributed by atoms with Crippen LogP contribution in [-0.2, 0) is 6.54 Å². The third-order valence-electron chi connectivity index (χ3n) is 6.67. The first-order valence-electron chi connectivity index (χ1n) is 11.6. The number of aromatic nitrogens is 3. The SMILES string of the molecule is Cc1ccc(C)c(-n2c(C)cc(C3C(c4ccccn4)NC(=S)N3Cc3cccnc3)c2C)c1. The van der Waals surface area contributed by atoms with E-state index in [1.54, 1.807) is 6.20 Å². The molecule has 1 fully saturated rings. The van der Waals surface area contributed by atoms with E-state index >= 15 is 0 Å². The van der Waals surface area contributed by atoms with E-state index in [2.05, 4.69) is 88.8 Å². The van der Waals surface area contributed by atoms with Crippen LogP contribution in [0.2, 0.25) is 0 Å². The molecule has 4 heterocycles. The lowest BCUT2D eigenvalue weighted by atomic mass is 9.96. The van der Waals surface area contributed by atoms with E-state index < -0.39 is 0 Å². The van der Waals surface area contributed by atoms with Gasteiger partial charge in [0, 0.05) is 42.2 Å². The quantitative estimate of drug-likeness (QED) is 0.383. The van der Waals surface area contributed by atoms with Crippen molar-refractivity contribution in [2.75, 3.05) is 0 Å². The third kappa shape index (κ3) is 3.99. The molecule has 4 aromatic rings. The molecule has 1 aliphatic rings. The number of thiocarbonyl (C=S) groups is 1. The molecule has 2 atom stereocenters. The maximum absolute atomic E-state index is 5.87. The van der Waals surface area contributed by atoms with E-state index in [0.717, 1.165) is 16.4 Å². The van der Waals surface area contributed by atoms with Crippen molar-refractivity contribution in [1.82, 2.24) is 24.8 Å². The number of nitrogens with zero attached hydrogens (tertiary/aromatic N) is 4. The number of rotatable bonds is 5. The number of hydrogen-bond donors (Lipinski definition) is 1. The van der Waals surface area contributed by atoms with Crippen LogP contribution in [0.1, 0.15) is 51.4 Å². The van der Waals surface area contributed by atoms with Gasteiger partial charge in [-0.2, -0.15) is 0 Å². The highest BCUT2D eigenvalue weighted by Crippen LogP contribution is 2.42. The van der Waals surface area contributed by atoms with Crippen LogP contribution in [0.25, 0.3) is 5.69 Å². The maximum Gasteiger partial charge on any atom is 0.170 e. The van der Waals surface area contributed by atoms with Crippen LogP contribution in [0.3, 0.4) is 0 Å². The van der Waals surface area contributed by atoms with E-state index in [-0.39, 0.29) is 12.1 Å². The second kappa shape index (κ2) is 9.03. The van der Waals surface area contributed by atoms with Crippen LogP contribution in [-0.4, -0.2) is 24.5 Å². The first-order valence-corrected chi connectivity index (χ1v) is 12.0. The van der Waals surface area contributed by atoms with Crippen molar-refractivity contribution in [3.8, 4) is 5.69 Å². The Morgan fingerprint density at radius 2 is 1.82 bits per heavy atom. The summed E-state index contributed by atoms with van der Waals surface area (Å²) in [4.78, 5) is 11.3. The van der Waals surface area contributed by atoms with Crippen molar-refractivity contribution in [3.63, 3.8) is 0 Å². The lowest BCUT2D eigenvalue weighted by molar-refractivity contribution is 0.310. The van der Waals surface area contributed by atoms with Gasteiger partial charge in [-0.25, -0.2) is 0 Å². The van der Waals surface area contributed by atoms with Crippen molar-refractivity contribution >= 4 is 17.3 Å². The molecule has 0 saturated carbocycles. The molecule has 0 spiro atoms. The lowest BCUT2D eigenvalue weighted by Crippen LogP contribution is -2.29. The van der Waals surface area contributed by atoms with Gasteiger partial charge in [0.25, 0.3) is 0 Å². The number of benzene rings is 1. The Hall–Kier alpha value is -3.51. The average Bonchev–Trinajstić information content (AvgIpc) is 3.31. The fourth-order valence-electron chi connectivity index (χ4n) is 5.02. The lowest BCUT2D eigenvalue weighted by Gasteiger charge is -2.28. The van der Waals surface area contributed by atoms with Gasteiger partial charge in [-0.05, 0) is 92.5 Å². The first-order chi connectivity index (χ1) is 16.4. The molecule has 172 valence electrons. The smallest absolute Gasteiger partial charge is 0.170 e. The largest absolute Gasteiger partial charge is 0.352 e. The molecule has 3 aromatic heterocycles. The minimum absolute atomic E-state index is 0.00710. The Balaban J connectivity index is 1.64. The molecule has 1 aliphatic heterocycles. The van der Waals surface area contributed by atoms with Crippen molar-refractivity contribution in [2.24, 2.45) is 0 Å². The van der Waals surface area contributed by atoms with E-state index in [4.69, 9.17) is 12.2 Å². The van der Waals surface area contributed by atoms with Crippen LogP contribution in [0.4, 0.5) is 0 Å². The summed E-state index contributed by atoms with van der Waals surface area (Å²) < 4.78 is 2.37. The molecule has 0 bridgehead atoms. The average molecular weight is 468 g/mol. The van der Waals surface area contributed by atoms with Gasteiger partial charge in [-0.15, -0.1) is 0 Å². The predicted octanol–water partition coefficient (Wildman–Crippen LogP) is 5.67. The molecule has 0 amide bonds. The van der Waals surface area contributed by atoms with Gasteiger partial charge in [0.1, 0.15) is 0 Å². The van der Waals surface area contributed by atoms with E-state index in [1.807, 2.05) is 30.6 Å². The summed E-state index contributed by atoms with van der Waals surface area (Å²) >= 11 is 5.87. The summed E-state index contributed by atoms with van der Waals surface area (Å²) in [6, 6.07) is 19.0. The number of nitrogens with one attached hydrogen (secondary N) is 1. The topological polar surface area (TPSA) is 46.0 Å². The van der Waals surface area contributed by atoms with Gasteiger partial charge in [0.2, 0.25) is 0 Å². The van der Waals surface area contributed by atoms with Crippen molar-refractivity contribution in [2.45, 2.75) is 46.3 Å². The Morgan fingerprint density at radius 3 is 2.56 bits per heavy atom. The van der Waals surface area contributed by atoms with Crippen molar-refractivity contribution in [1.29, 1.82) is 0 Å². The second-order valence-corrected chi connectivity index (χ2v) is 9.45. The van der Waals surface area contributed by atoms with Crippen molar-refractivity contribution < 1.29 is 0 Å². The highest BCUT2D eigenvalue weighted by atomic mass is 32.1. The minimum Gasteiger partial charge on any atom is -0.352 e. The highest BCUT2D eigenvalue weighted by molar-refractivity contribution is 7.80. The summed E-state index contributed by atoms with van der Waals surface area (Å²) in [6.07, 6.45) is 5.56. The molecular formula is C28H29N5S. The molecule has 5 nitrogen and oxygen atoms in total. The highest BCUT2D eigenvalue weighted by Gasteiger charge is 2.41. The van der Waals surface area contributed by atoms with Gasteiger partial charge in [-0.1, -0.05) is 24.3 Å². The Kier molecular flexibility index (Phi) is 5.92. The molecule has 6 heteroatoms. The van der Waals surface area contributed by atoms with Gasteiger partial charge >= 0.3 is 0 Å². The zero-order valence-corrected chi connectivity index (χ0v) is 20.8. The van der Waals surface area contributed by atoms with Crippen LogP contribution in [0, 0.1) is 27.7 Å². The Labute approximate surface area is 206 Å². The molecule has 1 saturated heterocycles.